The second-order valence-corrected chi connectivity index (χ2v) is 3.35. The number of hydrogen-bond acceptors (Lipinski definition) is 3. The Morgan fingerprint density at radius 1 is 1.53 bits per heavy atom. The summed E-state index contributed by atoms with van der Waals surface area (Å²) >= 11 is 0. The monoisotopic (exact) mass is 207 g/mol. The molecule has 0 spiro atoms. The Morgan fingerprint density at radius 3 is 2.67 bits per heavy atom. The number of benzene rings is 1. The lowest BCUT2D eigenvalue weighted by Gasteiger charge is -2.11. The Hall–Kier alpha value is -1.84. The summed E-state index contributed by atoms with van der Waals surface area (Å²) in [5, 5.41) is 10.6. The van der Waals surface area contributed by atoms with E-state index in [0.717, 1.165) is 5.56 Å². The van der Waals surface area contributed by atoms with Crippen molar-refractivity contribution in [2.24, 2.45) is 0 Å². The Bertz CT molecular complexity index is 385. The molecular weight excluding hydrogens is 194 g/mol. The Balaban J connectivity index is 3.12. The molecule has 0 N–H and O–H groups in total. The van der Waals surface area contributed by atoms with Crippen LogP contribution in [-0.4, -0.2) is 11.0 Å². The molecule has 80 valence electrons. The number of ether oxygens (including phenoxy) is 1. The third kappa shape index (κ3) is 2.80. The average molecular weight is 207 g/mol. The SMILES string of the molecule is C=Cc1ccc([N+](=O)[O-])cc1OC(C)C. The van der Waals surface area contributed by atoms with E-state index in [1.54, 1.807) is 12.1 Å². The van der Waals surface area contributed by atoms with E-state index in [4.69, 9.17) is 4.74 Å². The number of hydrogen-bond donors (Lipinski definition) is 0. The van der Waals surface area contributed by atoms with Crippen LogP contribution in [-0.2, 0) is 0 Å². The van der Waals surface area contributed by atoms with Crippen LogP contribution in [0.15, 0.2) is 24.8 Å². The van der Waals surface area contributed by atoms with Crippen molar-refractivity contribution in [3.05, 3.63) is 40.5 Å². The number of nitrogens with zero attached hydrogens (tertiary/aromatic N) is 1. The molecule has 15 heavy (non-hydrogen) atoms. The molecule has 1 aromatic carbocycles. The minimum atomic E-state index is -0.444. The fraction of sp³-hybridized carbons (Fsp3) is 0.273. The van der Waals surface area contributed by atoms with E-state index in [9.17, 15) is 10.1 Å². The van der Waals surface area contributed by atoms with Crippen LogP contribution < -0.4 is 4.74 Å². The van der Waals surface area contributed by atoms with Gasteiger partial charge in [0, 0.05) is 11.6 Å². The van der Waals surface area contributed by atoms with Gasteiger partial charge >= 0.3 is 0 Å². The Morgan fingerprint density at radius 2 is 2.20 bits per heavy atom. The zero-order valence-corrected chi connectivity index (χ0v) is 8.77. The minimum Gasteiger partial charge on any atom is -0.490 e. The van der Waals surface area contributed by atoms with Crippen LogP contribution in [0.5, 0.6) is 5.75 Å². The van der Waals surface area contributed by atoms with Crippen molar-refractivity contribution < 1.29 is 9.66 Å². The van der Waals surface area contributed by atoms with Crippen molar-refractivity contribution in [1.29, 1.82) is 0 Å². The Kier molecular flexibility index (Phi) is 3.44. The summed E-state index contributed by atoms with van der Waals surface area (Å²) in [6, 6.07) is 4.48. The zero-order valence-electron chi connectivity index (χ0n) is 8.77. The van der Waals surface area contributed by atoms with Gasteiger partial charge in [0.05, 0.1) is 17.1 Å². The van der Waals surface area contributed by atoms with Crippen molar-refractivity contribution in [1.82, 2.24) is 0 Å². The first kappa shape index (κ1) is 11.2. The van der Waals surface area contributed by atoms with Crippen molar-refractivity contribution in [3.8, 4) is 5.75 Å². The third-order valence-corrected chi connectivity index (χ3v) is 1.79. The van der Waals surface area contributed by atoms with E-state index in [2.05, 4.69) is 6.58 Å². The third-order valence-electron chi connectivity index (χ3n) is 1.79. The first-order chi connectivity index (χ1) is 7.04. The van der Waals surface area contributed by atoms with Crippen LogP contribution in [0.2, 0.25) is 0 Å². The van der Waals surface area contributed by atoms with Crippen LogP contribution >= 0.6 is 0 Å². The molecular formula is C11H13NO3. The van der Waals surface area contributed by atoms with Crippen LogP contribution in [0, 0.1) is 10.1 Å². The standard InChI is InChI=1S/C11H13NO3/c1-4-9-5-6-10(12(13)14)7-11(9)15-8(2)3/h4-8H,1H2,2-3H3. The van der Waals surface area contributed by atoms with Gasteiger partial charge in [-0.25, -0.2) is 0 Å². The van der Waals surface area contributed by atoms with Gasteiger partial charge in [-0.3, -0.25) is 10.1 Å². The van der Waals surface area contributed by atoms with Crippen LogP contribution in [0.3, 0.4) is 0 Å². The highest BCUT2D eigenvalue weighted by Gasteiger charge is 2.10. The average Bonchev–Trinajstić information content (AvgIpc) is 2.16. The maximum absolute atomic E-state index is 10.6. The minimum absolute atomic E-state index is 0.0225. The van der Waals surface area contributed by atoms with E-state index in [1.807, 2.05) is 13.8 Å². The van der Waals surface area contributed by atoms with Crippen molar-refractivity contribution in [3.63, 3.8) is 0 Å². The molecule has 4 heteroatoms. The highest BCUT2D eigenvalue weighted by atomic mass is 16.6. The number of nitro groups is 1. The predicted molar refractivity (Wildman–Crippen MR) is 59.0 cm³/mol. The van der Waals surface area contributed by atoms with E-state index < -0.39 is 4.92 Å². The van der Waals surface area contributed by atoms with Crippen LogP contribution in [0.25, 0.3) is 6.08 Å². The van der Waals surface area contributed by atoms with Gasteiger partial charge in [-0.05, 0) is 19.9 Å². The highest BCUT2D eigenvalue weighted by Crippen LogP contribution is 2.26. The van der Waals surface area contributed by atoms with E-state index in [-0.39, 0.29) is 11.8 Å². The van der Waals surface area contributed by atoms with Crippen LogP contribution in [0.4, 0.5) is 5.69 Å². The van der Waals surface area contributed by atoms with Crippen molar-refractivity contribution in [2.75, 3.05) is 0 Å². The number of non-ortho nitro benzene ring substituents is 1. The summed E-state index contributed by atoms with van der Waals surface area (Å²) in [6.07, 6.45) is 1.59. The van der Waals surface area contributed by atoms with Crippen LogP contribution in [0.1, 0.15) is 19.4 Å². The van der Waals surface area contributed by atoms with Gasteiger partial charge in [0.1, 0.15) is 5.75 Å². The molecule has 0 amide bonds. The fourth-order valence-corrected chi connectivity index (χ4v) is 1.16. The molecule has 0 fully saturated rings. The van der Waals surface area contributed by atoms with Gasteiger partial charge in [-0.15, -0.1) is 0 Å². The molecule has 0 radical (unpaired) electrons. The summed E-state index contributed by atoms with van der Waals surface area (Å²) in [4.78, 5) is 10.1. The molecule has 0 unspecified atom stereocenters. The number of rotatable bonds is 4. The first-order valence-electron chi connectivity index (χ1n) is 4.62. The van der Waals surface area contributed by atoms with Gasteiger partial charge < -0.3 is 4.74 Å². The van der Waals surface area contributed by atoms with Gasteiger partial charge in [-0.1, -0.05) is 12.7 Å². The lowest BCUT2D eigenvalue weighted by molar-refractivity contribution is -0.384. The molecule has 0 saturated carbocycles. The molecule has 1 rings (SSSR count). The van der Waals surface area contributed by atoms with E-state index in [0.29, 0.717) is 5.75 Å². The molecule has 0 aliphatic heterocycles. The molecule has 0 aliphatic carbocycles. The van der Waals surface area contributed by atoms with Gasteiger partial charge in [0.25, 0.3) is 5.69 Å². The fourth-order valence-electron chi connectivity index (χ4n) is 1.16. The van der Waals surface area contributed by atoms with Gasteiger partial charge in [0.2, 0.25) is 0 Å². The molecule has 1 aromatic rings. The van der Waals surface area contributed by atoms with Gasteiger partial charge in [-0.2, -0.15) is 0 Å². The molecule has 4 nitrogen and oxygen atoms in total. The second-order valence-electron chi connectivity index (χ2n) is 3.35. The maximum atomic E-state index is 10.6. The van der Waals surface area contributed by atoms with Gasteiger partial charge in [0.15, 0.2) is 0 Å². The van der Waals surface area contributed by atoms with Crippen molar-refractivity contribution in [2.45, 2.75) is 20.0 Å². The molecule has 0 bridgehead atoms. The second kappa shape index (κ2) is 4.59. The lowest BCUT2D eigenvalue weighted by atomic mass is 10.2. The maximum Gasteiger partial charge on any atom is 0.273 e. The quantitative estimate of drug-likeness (QED) is 0.563. The highest BCUT2D eigenvalue weighted by molar-refractivity contribution is 5.59. The summed E-state index contributed by atoms with van der Waals surface area (Å²) in [5.41, 5.74) is 0.783. The number of nitro benzene ring substituents is 1. The summed E-state index contributed by atoms with van der Waals surface area (Å²) in [5.74, 6) is 0.495. The molecule has 0 heterocycles. The molecule has 0 atom stereocenters. The summed E-state index contributed by atoms with van der Waals surface area (Å²) in [7, 11) is 0. The lowest BCUT2D eigenvalue weighted by Crippen LogP contribution is -2.06. The Labute approximate surface area is 88.3 Å². The van der Waals surface area contributed by atoms with Crippen molar-refractivity contribution >= 4 is 11.8 Å². The zero-order chi connectivity index (χ0) is 11.4. The molecule has 0 aliphatic rings. The smallest absolute Gasteiger partial charge is 0.273 e. The topological polar surface area (TPSA) is 52.4 Å². The molecule has 0 saturated heterocycles. The first-order valence-corrected chi connectivity index (χ1v) is 4.62. The van der Waals surface area contributed by atoms with E-state index >= 15 is 0 Å². The predicted octanol–water partition coefficient (Wildman–Crippen LogP) is 3.03. The normalized spacial score (nSPS) is 10.1. The van der Waals surface area contributed by atoms with E-state index in [1.165, 1.54) is 12.1 Å². The summed E-state index contributed by atoms with van der Waals surface area (Å²) < 4.78 is 5.45. The summed E-state index contributed by atoms with van der Waals surface area (Å²) in [6.45, 7) is 7.36. The molecule has 0 aromatic heterocycles. The largest absolute Gasteiger partial charge is 0.490 e.